The van der Waals surface area contributed by atoms with Crippen LogP contribution in [0.2, 0.25) is 0 Å². The van der Waals surface area contributed by atoms with Crippen molar-refractivity contribution in [3.63, 3.8) is 0 Å². The molecule has 0 spiro atoms. The maximum Gasteiger partial charge on any atom is -1.00 e. The fraction of sp³-hybridized carbons (Fsp3) is 0.125. The van der Waals surface area contributed by atoms with Gasteiger partial charge in [0.25, 0.3) is 0 Å². The summed E-state index contributed by atoms with van der Waals surface area (Å²) in [5.74, 6) is 0. The molecule has 0 saturated carbocycles. The predicted molar refractivity (Wildman–Crippen MR) is 70.5 cm³/mol. The van der Waals surface area contributed by atoms with Crippen molar-refractivity contribution in [2.24, 2.45) is 0 Å². The predicted octanol–water partition coefficient (Wildman–Crippen LogP) is -2.26. The zero-order valence-corrected chi connectivity index (χ0v) is 14.6. The zero-order chi connectivity index (χ0) is 11.8. The third kappa shape index (κ3) is 2.89. The van der Waals surface area contributed by atoms with E-state index < -0.39 is 0 Å². The molecule has 0 fully saturated rings. The van der Waals surface area contributed by atoms with Gasteiger partial charge in [0.15, 0.2) is 0 Å². The van der Waals surface area contributed by atoms with E-state index in [1.165, 1.54) is 55.1 Å². The van der Waals surface area contributed by atoms with Gasteiger partial charge in [-0.2, -0.15) is 0 Å². The van der Waals surface area contributed by atoms with Gasteiger partial charge in [0, 0.05) is 0 Å². The molecule has 0 bridgehead atoms. The quantitative estimate of drug-likeness (QED) is 0.426. The number of fused-ring (bicyclic) bond motifs is 3. The van der Waals surface area contributed by atoms with E-state index >= 15 is 0 Å². The molecule has 0 N–H and O–H groups in total. The van der Waals surface area contributed by atoms with Crippen molar-refractivity contribution in [2.45, 2.75) is 13.3 Å². The van der Waals surface area contributed by atoms with Gasteiger partial charge >= 0.3 is 117 Å². The number of hydrogen-bond donors (Lipinski definition) is 0. The van der Waals surface area contributed by atoms with Crippen LogP contribution in [-0.2, 0) is 31.1 Å². The van der Waals surface area contributed by atoms with Crippen LogP contribution in [0.25, 0.3) is 21.5 Å². The zero-order valence-electron chi connectivity index (χ0n) is 10.6. The van der Waals surface area contributed by atoms with Crippen LogP contribution in [0.3, 0.4) is 0 Å². The molecule has 0 aliphatic rings. The van der Waals surface area contributed by atoms with E-state index in [9.17, 15) is 0 Å². The fourth-order valence-electron chi connectivity index (χ4n) is 2.44. The Morgan fingerprint density at radius 3 is 2.21 bits per heavy atom. The summed E-state index contributed by atoms with van der Waals surface area (Å²) < 4.78 is 1.52. The third-order valence-corrected chi connectivity index (χ3v) is 4.78. The molecule has 0 unspecified atom stereocenters. The Labute approximate surface area is 141 Å². The molecule has 3 rings (SSSR count). The van der Waals surface area contributed by atoms with Crippen LogP contribution in [0.5, 0.6) is 0 Å². The average Bonchev–Trinajstić information content (AvgIpc) is 2.38. The SMILES string of the molecule is CCc1ccc2ccc3ccccc3c2[c]1[Zr+2].[Cl-].[Cl-]. The number of hydrogen-bond acceptors (Lipinski definition) is 0. The minimum absolute atomic E-state index is 0. The summed E-state index contributed by atoms with van der Waals surface area (Å²) in [6.45, 7) is 2.24. The summed E-state index contributed by atoms with van der Waals surface area (Å²) in [6, 6.07) is 17.7. The van der Waals surface area contributed by atoms with Crippen LogP contribution in [-0.4, -0.2) is 0 Å². The molecule has 0 aliphatic carbocycles. The first-order chi connectivity index (χ1) is 8.31. The van der Waals surface area contributed by atoms with E-state index in [1.54, 1.807) is 0 Å². The molecule has 19 heavy (non-hydrogen) atoms. The largest absolute Gasteiger partial charge is 1.00 e. The van der Waals surface area contributed by atoms with Crippen LogP contribution in [0.4, 0.5) is 0 Å². The van der Waals surface area contributed by atoms with Crippen molar-refractivity contribution in [2.75, 3.05) is 0 Å². The molecule has 3 heteroatoms. The smallest absolute Gasteiger partial charge is 1.00 e. The number of aryl methyl sites for hydroxylation is 1. The van der Waals surface area contributed by atoms with Gasteiger partial charge in [-0.1, -0.05) is 0 Å². The van der Waals surface area contributed by atoms with Crippen molar-refractivity contribution >= 4 is 24.8 Å². The second kappa shape index (κ2) is 6.88. The number of halogens is 2. The molecule has 0 saturated heterocycles. The summed E-state index contributed by atoms with van der Waals surface area (Å²) in [7, 11) is 0. The topological polar surface area (TPSA) is 0 Å². The van der Waals surface area contributed by atoms with Crippen LogP contribution in [0.15, 0.2) is 48.5 Å². The van der Waals surface area contributed by atoms with E-state index in [0.717, 1.165) is 6.42 Å². The first-order valence-corrected chi connectivity index (χ1v) is 7.19. The molecule has 0 aliphatic heterocycles. The Morgan fingerprint density at radius 2 is 1.47 bits per heavy atom. The summed E-state index contributed by atoms with van der Waals surface area (Å²) in [6.07, 6.45) is 1.12. The standard InChI is InChI=1S/C16H13.2ClH.Zr/c1-2-12-7-8-14-10-9-13-5-3-4-6-15(13)16(14)11-12;;;/h3-10H,2H2,1H3;2*1H;/q;;;+2/p-2. The summed E-state index contributed by atoms with van der Waals surface area (Å²) in [4.78, 5) is 0. The average molecular weight is 367 g/mol. The molecule has 0 nitrogen and oxygen atoms in total. The van der Waals surface area contributed by atoms with E-state index in [4.69, 9.17) is 0 Å². The summed E-state index contributed by atoms with van der Waals surface area (Å²) in [5, 5.41) is 5.57. The van der Waals surface area contributed by atoms with E-state index in [0.29, 0.717) is 0 Å². The van der Waals surface area contributed by atoms with Crippen molar-refractivity contribution in [1.29, 1.82) is 0 Å². The summed E-state index contributed by atoms with van der Waals surface area (Å²) >= 11 is 1.51. The van der Waals surface area contributed by atoms with Crippen molar-refractivity contribution in [3.8, 4) is 0 Å². The van der Waals surface area contributed by atoms with Gasteiger partial charge in [0.05, 0.1) is 0 Å². The van der Waals surface area contributed by atoms with Crippen molar-refractivity contribution < 1.29 is 49.5 Å². The van der Waals surface area contributed by atoms with Gasteiger partial charge in [-0.05, 0) is 0 Å². The van der Waals surface area contributed by atoms with Gasteiger partial charge < -0.3 is 24.8 Å². The minimum Gasteiger partial charge on any atom is -1.00 e. The second-order valence-corrected chi connectivity index (χ2v) is 5.57. The van der Waals surface area contributed by atoms with Gasteiger partial charge in [0.2, 0.25) is 0 Å². The van der Waals surface area contributed by atoms with Gasteiger partial charge in [-0.3, -0.25) is 0 Å². The van der Waals surface area contributed by atoms with E-state index in [2.05, 4.69) is 55.5 Å². The molecule has 0 amide bonds. The Kier molecular flexibility index (Phi) is 6.05. The number of rotatable bonds is 1. The summed E-state index contributed by atoms with van der Waals surface area (Å²) in [5.41, 5.74) is 1.49. The van der Waals surface area contributed by atoms with Crippen molar-refractivity contribution in [3.05, 3.63) is 54.1 Å². The van der Waals surface area contributed by atoms with E-state index in [-0.39, 0.29) is 24.8 Å². The van der Waals surface area contributed by atoms with Gasteiger partial charge in [-0.25, -0.2) is 0 Å². The Balaban J connectivity index is 0.000000902. The fourth-order valence-corrected chi connectivity index (χ4v) is 3.76. The molecule has 0 heterocycles. The second-order valence-electron chi connectivity index (χ2n) is 4.34. The van der Waals surface area contributed by atoms with Crippen LogP contribution >= 0.6 is 0 Å². The van der Waals surface area contributed by atoms with Gasteiger partial charge in [-0.15, -0.1) is 0 Å². The molecular weight excluding hydrogens is 354 g/mol. The Bertz CT molecular complexity index is 708. The molecule has 3 aromatic carbocycles. The van der Waals surface area contributed by atoms with Crippen LogP contribution in [0.1, 0.15) is 12.5 Å². The Hall–Kier alpha value is -0.357. The van der Waals surface area contributed by atoms with Gasteiger partial charge in [0.1, 0.15) is 0 Å². The third-order valence-electron chi connectivity index (χ3n) is 3.38. The maximum atomic E-state index is 2.28. The maximum absolute atomic E-state index is 2.28. The van der Waals surface area contributed by atoms with E-state index in [1.807, 2.05) is 0 Å². The molecule has 0 radical (unpaired) electrons. The molecular formula is C16H13Cl2Zr. The van der Waals surface area contributed by atoms with Crippen LogP contribution in [0, 0.1) is 0 Å². The molecule has 3 aromatic rings. The number of benzene rings is 3. The first kappa shape index (κ1) is 16.7. The molecule has 0 atom stereocenters. The molecule has 95 valence electrons. The van der Waals surface area contributed by atoms with Crippen LogP contribution < -0.4 is 28.1 Å². The molecule has 0 aromatic heterocycles. The normalized spacial score (nSPS) is 10.1. The Morgan fingerprint density at radius 1 is 0.842 bits per heavy atom. The monoisotopic (exact) mass is 365 g/mol. The first-order valence-electron chi connectivity index (χ1n) is 5.96. The van der Waals surface area contributed by atoms with Crippen molar-refractivity contribution in [1.82, 2.24) is 0 Å². The minimum atomic E-state index is 0.